The van der Waals surface area contributed by atoms with E-state index < -0.39 is 5.82 Å². The molecule has 1 fully saturated rings. The predicted molar refractivity (Wildman–Crippen MR) is 88.0 cm³/mol. The van der Waals surface area contributed by atoms with Crippen LogP contribution in [0.3, 0.4) is 0 Å². The molecule has 1 aliphatic rings. The summed E-state index contributed by atoms with van der Waals surface area (Å²) in [5, 5.41) is 12.8. The maximum Gasteiger partial charge on any atom is 0.318 e. The Morgan fingerprint density at radius 1 is 1.52 bits per heavy atom. The van der Waals surface area contributed by atoms with Crippen LogP contribution in [0.2, 0.25) is 0 Å². The maximum atomic E-state index is 14.4. The first-order valence-electron chi connectivity index (χ1n) is 7.19. The topological polar surface area (TPSA) is 74.1 Å². The van der Waals surface area contributed by atoms with Gasteiger partial charge in [0.15, 0.2) is 5.82 Å². The van der Waals surface area contributed by atoms with Crippen molar-refractivity contribution in [3.05, 3.63) is 22.4 Å². The van der Waals surface area contributed by atoms with Gasteiger partial charge in [-0.3, -0.25) is 0 Å². The standard InChI is InChI=1S/C15H15BrFN5O/c1-23-15-20-13-10(2-3-11(16)12(13)17)14(21-15)22-7-6-19-9(8-22)4-5-18/h2-3,9,19H,4,6-8H2,1H3. The summed E-state index contributed by atoms with van der Waals surface area (Å²) < 4.78 is 19.9. The van der Waals surface area contributed by atoms with Gasteiger partial charge in [0.1, 0.15) is 11.3 Å². The Hall–Kier alpha value is -1.98. The number of halogens is 2. The van der Waals surface area contributed by atoms with Crippen LogP contribution in [-0.2, 0) is 0 Å². The molecule has 0 radical (unpaired) electrons. The van der Waals surface area contributed by atoms with Crippen molar-refractivity contribution < 1.29 is 9.13 Å². The van der Waals surface area contributed by atoms with Crippen LogP contribution in [0, 0.1) is 17.1 Å². The summed E-state index contributed by atoms with van der Waals surface area (Å²) in [4.78, 5) is 10.6. The van der Waals surface area contributed by atoms with Crippen molar-refractivity contribution in [2.75, 3.05) is 31.6 Å². The van der Waals surface area contributed by atoms with Gasteiger partial charge in [0, 0.05) is 31.1 Å². The first kappa shape index (κ1) is 15.9. The summed E-state index contributed by atoms with van der Waals surface area (Å²) in [6, 6.07) is 5.79. The van der Waals surface area contributed by atoms with Crippen molar-refractivity contribution in [1.82, 2.24) is 15.3 Å². The van der Waals surface area contributed by atoms with E-state index in [2.05, 4.69) is 37.3 Å². The van der Waals surface area contributed by atoms with Gasteiger partial charge in [0.25, 0.3) is 0 Å². The zero-order valence-electron chi connectivity index (χ0n) is 12.5. The molecule has 120 valence electrons. The molecule has 2 heterocycles. The molecule has 23 heavy (non-hydrogen) atoms. The Kier molecular flexibility index (Phi) is 4.59. The summed E-state index contributed by atoms with van der Waals surface area (Å²) in [5.41, 5.74) is 0.219. The van der Waals surface area contributed by atoms with Crippen LogP contribution >= 0.6 is 15.9 Å². The van der Waals surface area contributed by atoms with Crippen molar-refractivity contribution in [3.63, 3.8) is 0 Å². The summed E-state index contributed by atoms with van der Waals surface area (Å²) in [5.74, 6) is 0.191. The highest BCUT2D eigenvalue weighted by molar-refractivity contribution is 9.10. The lowest BCUT2D eigenvalue weighted by molar-refractivity contribution is 0.380. The molecule has 3 rings (SSSR count). The Morgan fingerprint density at radius 3 is 3.09 bits per heavy atom. The van der Waals surface area contributed by atoms with Crippen LogP contribution < -0.4 is 15.0 Å². The number of nitrogens with zero attached hydrogens (tertiary/aromatic N) is 4. The van der Waals surface area contributed by atoms with E-state index in [9.17, 15) is 4.39 Å². The minimum atomic E-state index is -0.437. The monoisotopic (exact) mass is 379 g/mol. The molecule has 1 saturated heterocycles. The lowest BCUT2D eigenvalue weighted by Crippen LogP contribution is -2.50. The molecule has 1 N–H and O–H groups in total. The SMILES string of the molecule is COc1nc(N2CCNC(CC#N)C2)c2ccc(Br)c(F)c2n1. The number of rotatable bonds is 3. The zero-order valence-corrected chi connectivity index (χ0v) is 14.1. The number of nitriles is 1. The molecule has 1 aliphatic heterocycles. The molecule has 0 aliphatic carbocycles. The fourth-order valence-corrected chi connectivity index (χ4v) is 3.02. The molecule has 1 unspecified atom stereocenters. The van der Waals surface area contributed by atoms with Crippen molar-refractivity contribution in [3.8, 4) is 12.1 Å². The number of methoxy groups -OCH3 is 1. The molecule has 8 heteroatoms. The van der Waals surface area contributed by atoms with Gasteiger partial charge in [0.2, 0.25) is 0 Å². The van der Waals surface area contributed by atoms with E-state index in [0.29, 0.717) is 28.6 Å². The van der Waals surface area contributed by atoms with Gasteiger partial charge in [-0.15, -0.1) is 0 Å². The number of hydrogen-bond acceptors (Lipinski definition) is 6. The van der Waals surface area contributed by atoms with Crippen molar-refractivity contribution >= 4 is 32.7 Å². The first-order valence-corrected chi connectivity index (χ1v) is 7.98. The van der Waals surface area contributed by atoms with Crippen LogP contribution in [-0.4, -0.2) is 42.8 Å². The van der Waals surface area contributed by atoms with E-state index in [0.717, 1.165) is 13.1 Å². The van der Waals surface area contributed by atoms with Crippen molar-refractivity contribution in [1.29, 1.82) is 5.26 Å². The lowest BCUT2D eigenvalue weighted by Gasteiger charge is -2.34. The quantitative estimate of drug-likeness (QED) is 0.881. The average Bonchev–Trinajstić information content (AvgIpc) is 2.58. The van der Waals surface area contributed by atoms with E-state index in [1.165, 1.54) is 7.11 Å². The van der Waals surface area contributed by atoms with Crippen LogP contribution in [0.25, 0.3) is 10.9 Å². The van der Waals surface area contributed by atoms with Gasteiger partial charge in [-0.25, -0.2) is 4.39 Å². The van der Waals surface area contributed by atoms with Gasteiger partial charge in [-0.2, -0.15) is 15.2 Å². The number of nitrogens with one attached hydrogen (secondary N) is 1. The molecule has 1 aromatic carbocycles. The molecule has 0 amide bonds. The minimum Gasteiger partial charge on any atom is -0.467 e. The fourth-order valence-electron chi connectivity index (χ4n) is 2.70. The van der Waals surface area contributed by atoms with E-state index in [-0.39, 0.29) is 17.6 Å². The third kappa shape index (κ3) is 3.07. The number of ether oxygens (including phenoxy) is 1. The zero-order chi connectivity index (χ0) is 16.4. The van der Waals surface area contributed by atoms with E-state index in [1.807, 2.05) is 4.90 Å². The molecule has 0 saturated carbocycles. The van der Waals surface area contributed by atoms with E-state index in [1.54, 1.807) is 12.1 Å². The lowest BCUT2D eigenvalue weighted by atomic mass is 10.1. The minimum absolute atomic E-state index is 0.0602. The second-order valence-corrected chi connectivity index (χ2v) is 6.11. The second kappa shape index (κ2) is 6.64. The van der Waals surface area contributed by atoms with Gasteiger partial charge < -0.3 is 15.0 Å². The number of anilines is 1. The third-order valence-corrected chi connectivity index (χ3v) is 4.41. The molecule has 0 bridgehead atoms. The van der Waals surface area contributed by atoms with Gasteiger partial charge >= 0.3 is 6.01 Å². The van der Waals surface area contributed by atoms with Gasteiger partial charge in [-0.05, 0) is 28.1 Å². The predicted octanol–water partition coefficient (Wildman–Crippen LogP) is 2.23. The first-order chi connectivity index (χ1) is 11.1. The van der Waals surface area contributed by atoms with Crippen molar-refractivity contribution in [2.45, 2.75) is 12.5 Å². The number of fused-ring (bicyclic) bond motifs is 1. The highest BCUT2D eigenvalue weighted by atomic mass is 79.9. The Balaban J connectivity index is 2.09. The maximum absolute atomic E-state index is 14.4. The van der Waals surface area contributed by atoms with E-state index >= 15 is 0 Å². The number of benzene rings is 1. The summed E-state index contributed by atoms with van der Waals surface area (Å²) >= 11 is 3.18. The highest BCUT2D eigenvalue weighted by Crippen LogP contribution is 2.31. The molecule has 2 aromatic rings. The summed E-state index contributed by atoms with van der Waals surface area (Å²) in [6.07, 6.45) is 0.413. The van der Waals surface area contributed by atoms with Crippen LogP contribution in [0.1, 0.15) is 6.42 Å². The Bertz CT molecular complexity index is 779. The van der Waals surface area contributed by atoms with Gasteiger partial charge in [0.05, 0.1) is 24.1 Å². The number of aromatic nitrogens is 2. The van der Waals surface area contributed by atoms with E-state index in [4.69, 9.17) is 10.00 Å². The van der Waals surface area contributed by atoms with Crippen molar-refractivity contribution in [2.24, 2.45) is 0 Å². The van der Waals surface area contributed by atoms with Crippen LogP contribution in [0.15, 0.2) is 16.6 Å². The molecule has 1 atom stereocenters. The molecular weight excluding hydrogens is 365 g/mol. The fraction of sp³-hybridized carbons (Fsp3) is 0.400. The van der Waals surface area contributed by atoms with Crippen LogP contribution in [0.5, 0.6) is 6.01 Å². The second-order valence-electron chi connectivity index (χ2n) is 5.25. The summed E-state index contributed by atoms with van der Waals surface area (Å²) in [6.45, 7) is 2.08. The molecular formula is C15H15BrFN5O. The Labute approximate surface area is 141 Å². The molecule has 0 spiro atoms. The highest BCUT2D eigenvalue weighted by Gasteiger charge is 2.24. The van der Waals surface area contributed by atoms with Crippen LogP contribution in [0.4, 0.5) is 10.2 Å². The summed E-state index contributed by atoms with van der Waals surface area (Å²) in [7, 11) is 1.46. The van der Waals surface area contributed by atoms with Gasteiger partial charge in [-0.1, -0.05) is 0 Å². The smallest absolute Gasteiger partial charge is 0.318 e. The number of piperazine rings is 1. The molecule has 1 aromatic heterocycles. The molecule has 6 nitrogen and oxygen atoms in total. The largest absolute Gasteiger partial charge is 0.467 e. The normalized spacial score (nSPS) is 18.0. The third-order valence-electron chi connectivity index (χ3n) is 3.79. The average molecular weight is 380 g/mol. The Morgan fingerprint density at radius 2 is 2.35 bits per heavy atom. The number of hydrogen-bond donors (Lipinski definition) is 1.